The van der Waals surface area contributed by atoms with Gasteiger partial charge in [0, 0.05) is 6.54 Å². The molecule has 3 nitrogen and oxygen atoms in total. The smallest absolute Gasteiger partial charge is 0.212 e. The van der Waals surface area contributed by atoms with Crippen molar-refractivity contribution in [2.75, 3.05) is 12.8 Å². The third-order valence-electron chi connectivity index (χ3n) is 1.22. The van der Waals surface area contributed by atoms with Crippen LogP contribution in [0.2, 0.25) is 0 Å². The highest BCUT2D eigenvalue weighted by molar-refractivity contribution is 7.88. The lowest BCUT2D eigenvalue weighted by atomic mass is 10.3. The van der Waals surface area contributed by atoms with Crippen molar-refractivity contribution in [3.8, 4) is 0 Å². The van der Waals surface area contributed by atoms with E-state index in [-0.39, 0.29) is 0 Å². The normalized spacial score (nSPS) is 21.3. The van der Waals surface area contributed by atoms with Gasteiger partial charge in [0.25, 0.3) is 0 Å². The predicted octanol–water partition coefficient (Wildman–Crippen LogP) is 0.247. The summed E-state index contributed by atoms with van der Waals surface area (Å²) in [6.07, 6.45) is 5.48. The topological polar surface area (TPSA) is 37.4 Å². The maximum atomic E-state index is 10.8. The van der Waals surface area contributed by atoms with E-state index in [2.05, 4.69) is 6.54 Å². The van der Waals surface area contributed by atoms with E-state index in [1.165, 1.54) is 10.6 Å². The molecule has 0 atom stereocenters. The average molecular weight is 159 g/mol. The summed E-state index contributed by atoms with van der Waals surface area (Å²) in [5.41, 5.74) is 0. The van der Waals surface area contributed by atoms with E-state index in [0.29, 0.717) is 13.0 Å². The van der Waals surface area contributed by atoms with Crippen LogP contribution in [0.4, 0.5) is 0 Å². The quantitative estimate of drug-likeness (QED) is 0.514. The SMILES string of the molecule is CS(=O)(=O)N1[C]CC=CC1. The van der Waals surface area contributed by atoms with Gasteiger partial charge in [-0.05, 0) is 6.42 Å². The molecule has 0 saturated carbocycles. The molecular formula is C6H9NO2S. The minimum Gasteiger partial charge on any atom is -0.212 e. The fraction of sp³-hybridized carbons (Fsp3) is 0.500. The Labute approximate surface area is 61.4 Å². The summed E-state index contributed by atoms with van der Waals surface area (Å²) in [7, 11) is -3.05. The highest BCUT2D eigenvalue weighted by atomic mass is 32.2. The molecule has 1 aliphatic rings. The molecule has 0 amide bonds. The molecule has 4 heteroatoms. The first-order chi connectivity index (χ1) is 4.61. The van der Waals surface area contributed by atoms with E-state index in [1.807, 2.05) is 12.2 Å². The number of rotatable bonds is 1. The van der Waals surface area contributed by atoms with Crippen LogP contribution < -0.4 is 0 Å². The lowest BCUT2D eigenvalue weighted by molar-refractivity contribution is 0.491. The van der Waals surface area contributed by atoms with Crippen molar-refractivity contribution in [1.29, 1.82) is 0 Å². The van der Waals surface area contributed by atoms with Gasteiger partial charge in [0.1, 0.15) is 0 Å². The van der Waals surface area contributed by atoms with E-state index in [0.717, 1.165) is 0 Å². The van der Waals surface area contributed by atoms with Crippen molar-refractivity contribution in [1.82, 2.24) is 4.31 Å². The van der Waals surface area contributed by atoms with E-state index in [1.54, 1.807) is 0 Å². The zero-order valence-corrected chi connectivity index (χ0v) is 6.56. The van der Waals surface area contributed by atoms with E-state index < -0.39 is 10.0 Å². The minimum absolute atomic E-state index is 0.429. The van der Waals surface area contributed by atoms with Gasteiger partial charge in [-0.3, -0.25) is 0 Å². The fourth-order valence-corrected chi connectivity index (χ4v) is 1.39. The van der Waals surface area contributed by atoms with Crippen LogP contribution in [-0.2, 0) is 10.0 Å². The van der Waals surface area contributed by atoms with Crippen LogP contribution in [0.3, 0.4) is 0 Å². The maximum Gasteiger partial charge on any atom is 0.212 e. The lowest BCUT2D eigenvalue weighted by Crippen LogP contribution is -2.29. The Bertz CT molecular complexity index is 230. The van der Waals surface area contributed by atoms with Gasteiger partial charge in [0.15, 0.2) is 0 Å². The van der Waals surface area contributed by atoms with Crippen LogP contribution in [0.5, 0.6) is 0 Å². The van der Waals surface area contributed by atoms with E-state index in [9.17, 15) is 8.42 Å². The highest BCUT2D eigenvalue weighted by Crippen LogP contribution is 2.09. The molecule has 0 fully saturated rings. The molecule has 0 aromatic heterocycles. The second kappa shape index (κ2) is 2.72. The molecule has 1 rings (SSSR count). The third-order valence-corrected chi connectivity index (χ3v) is 2.30. The molecule has 0 bridgehead atoms. The zero-order chi connectivity index (χ0) is 7.61. The Morgan fingerprint density at radius 2 is 2.20 bits per heavy atom. The molecule has 1 aliphatic heterocycles. The number of hydrogen-bond donors (Lipinski definition) is 0. The molecule has 1 heterocycles. The highest BCUT2D eigenvalue weighted by Gasteiger charge is 2.16. The Kier molecular flexibility index (Phi) is 2.11. The van der Waals surface area contributed by atoms with Gasteiger partial charge in [-0.2, -0.15) is 4.31 Å². The Morgan fingerprint density at radius 3 is 2.50 bits per heavy atom. The summed E-state index contributed by atoms with van der Waals surface area (Å²) in [4.78, 5) is 0. The van der Waals surface area contributed by atoms with Crippen molar-refractivity contribution < 1.29 is 8.42 Å². The van der Waals surface area contributed by atoms with Crippen molar-refractivity contribution in [2.24, 2.45) is 0 Å². The second-order valence-corrected chi connectivity index (χ2v) is 4.03. The van der Waals surface area contributed by atoms with Gasteiger partial charge >= 0.3 is 0 Å². The van der Waals surface area contributed by atoms with Gasteiger partial charge in [-0.25, -0.2) is 8.42 Å². The van der Waals surface area contributed by atoms with Crippen LogP contribution in [0.1, 0.15) is 6.42 Å². The molecule has 10 heavy (non-hydrogen) atoms. The summed E-state index contributed by atoms with van der Waals surface area (Å²) >= 11 is 0. The molecule has 2 radical (unpaired) electrons. The minimum atomic E-state index is -3.05. The van der Waals surface area contributed by atoms with Crippen LogP contribution in [0.15, 0.2) is 12.2 Å². The second-order valence-electron chi connectivity index (χ2n) is 2.13. The predicted molar refractivity (Wildman–Crippen MR) is 38.5 cm³/mol. The molecule has 0 saturated heterocycles. The molecule has 0 unspecified atom stereocenters. The van der Waals surface area contributed by atoms with Crippen LogP contribution >= 0.6 is 0 Å². The van der Waals surface area contributed by atoms with Gasteiger partial charge in [0.2, 0.25) is 10.0 Å². The standard InChI is InChI=1S/C6H9NO2S/c1-10(8,9)7-5-3-2-4-6-7/h2-3H,4-5H2,1H3. The molecule has 0 aromatic rings. The monoisotopic (exact) mass is 159 g/mol. The Hall–Kier alpha value is -0.350. The lowest BCUT2D eigenvalue weighted by Gasteiger charge is -2.18. The molecule has 56 valence electrons. The van der Waals surface area contributed by atoms with Crippen molar-refractivity contribution >= 4 is 10.0 Å². The van der Waals surface area contributed by atoms with Crippen LogP contribution in [-0.4, -0.2) is 25.5 Å². The number of sulfonamides is 1. The molecule has 0 aliphatic carbocycles. The van der Waals surface area contributed by atoms with E-state index >= 15 is 0 Å². The van der Waals surface area contributed by atoms with Gasteiger partial charge in [0.05, 0.1) is 12.8 Å². The number of nitrogens with zero attached hydrogens (tertiary/aromatic N) is 1. The van der Waals surface area contributed by atoms with Crippen molar-refractivity contribution in [2.45, 2.75) is 6.42 Å². The zero-order valence-electron chi connectivity index (χ0n) is 5.74. The summed E-state index contributed by atoms with van der Waals surface area (Å²) in [5.74, 6) is 0. The van der Waals surface area contributed by atoms with Crippen LogP contribution in [0.25, 0.3) is 0 Å². The first-order valence-corrected chi connectivity index (χ1v) is 4.82. The first kappa shape index (κ1) is 7.75. The van der Waals surface area contributed by atoms with E-state index in [4.69, 9.17) is 0 Å². The molecular weight excluding hydrogens is 150 g/mol. The van der Waals surface area contributed by atoms with Gasteiger partial charge < -0.3 is 0 Å². The summed E-state index contributed by atoms with van der Waals surface area (Å²) in [5, 5.41) is 0. The summed E-state index contributed by atoms with van der Waals surface area (Å²) < 4.78 is 22.8. The van der Waals surface area contributed by atoms with Crippen molar-refractivity contribution in [3.05, 3.63) is 18.7 Å². The van der Waals surface area contributed by atoms with Gasteiger partial charge in [-0.15, -0.1) is 0 Å². The molecule has 0 aromatic carbocycles. The Morgan fingerprint density at radius 1 is 1.50 bits per heavy atom. The van der Waals surface area contributed by atoms with Crippen molar-refractivity contribution in [3.63, 3.8) is 0 Å². The fourth-order valence-electron chi connectivity index (χ4n) is 0.725. The first-order valence-electron chi connectivity index (χ1n) is 2.97. The maximum absolute atomic E-state index is 10.8. The third kappa shape index (κ3) is 1.82. The average Bonchev–Trinajstić information content (AvgIpc) is 1.88. The largest absolute Gasteiger partial charge is 0.212 e. The van der Waals surface area contributed by atoms with Crippen LogP contribution in [0, 0.1) is 6.54 Å². The summed E-state index contributed by atoms with van der Waals surface area (Å²) in [6, 6.07) is 0. The number of hydrogen-bond acceptors (Lipinski definition) is 2. The molecule has 0 spiro atoms. The molecule has 0 N–H and O–H groups in total. The Balaban J connectivity index is 2.67. The van der Waals surface area contributed by atoms with Gasteiger partial charge in [-0.1, -0.05) is 12.2 Å². The summed E-state index contributed by atoms with van der Waals surface area (Å²) in [6.45, 7) is 3.15.